The van der Waals surface area contributed by atoms with E-state index in [2.05, 4.69) is 0 Å². The van der Waals surface area contributed by atoms with Crippen LogP contribution in [0, 0.1) is 5.92 Å². The summed E-state index contributed by atoms with van der Waals surface area (Å²) in [4.78, 5) is 10.7. The van der Waals surface area contributed by atoms with Gasteiger partial charge in [0.15, 0.2) is 0 Å². The lowest BCUT2D eigenvalue weighted by Crippen LogP contribution is -2.50. The van der Waals surface area contributed by atoms with Gasteiger partial charge >= 0.3 is 5.97 Å². The number of hydrogen-bond donors (Lipinski definition) is 2. The van der Waals surface area contributed by atoms with Crippen molar-refractivity contribution >= 4 is 27.3 Å². The third kappa shape index (κ3) is 2.21. The lowest BCUT2D eigenvalue weighted by atomic mass is 10.1. The molecule has 2 N–H and O–H groups in total. The second-order valence-electron chi connectivity index (χ2n) is 3.83. The topological polar surface area (TPSA) is 94.9 Å². The molecule has 0 aliphatic carbocycles. The van der Waals surface area contributed by atoms with Crippen molar-refractivity contribution in [2.45, 2.75) is 4.21 Å². The Morgan fingerprint density at radius 2 is 2.18 bits per heavy atom. The highest BCUT2D eigenvalue weighted by molar-refractivity contribution is 7.91. The number of aliphatic hydroxyl groups excluding tert-OH is 1. The molecule has 94 valence electrons. The zero-order valence-corrected chi connectivity index (χ0v) is 10.4. The number of carbonyl (C=O) groups is 1. The van der Waals surface area contributed by atoms with Crippen LogP contribution in [0.5, 0.6) is 0 Å². The van der Waals surface area contributed by atoms with Gasteiger partial charge in [-0.25, -0.2) is 13.2 Å². The maximum absolute atomic E-state index is 12.0. The Kier molecular flexibility index (Phi) is 3.21. The summed E-state index contributed by atoms with van der Waals surface area (Å²) in [5.74, 6) is -1.15. The first kappa shape index (κ1) is 12.5. The maximum Gasteiger partial charge on any atom is 0.336 e. The van der Waals surface area contributed by atoms with Crippen LogP contribution in [0.3, 0.4) is 0 Å². The summed E-state index contributed by atoms with van der Waals surface area (Å²) < 4.78 is 25.2. The number of nitrogens with zero attached hydrogens (tertiary/aromatic N) is 1. The molecular formula is C9H11NO5S2. The van der Waals surface area contributed by atoms with Gasteiger partial charge in [0.05, 0.1) is 5.56 Å². The van der Waals surface area contributed by atoms with E-state index in [-0.39, 0.29) is 22.3 Å². The summed E-state index contributed by atoms with van der Waals surface area (Å²) in [7, 11) is -3.58. The molecule has 1 aliphatic rings. The lowest BCUT2D eigenvalue weighted by molar-refractivity contribution is 0.0697. The molecule has 1 aromatic heterocycles. The monoisotopic (exact) mass is 277 g/mol. The molecule has 1 fully saturated rings. The van der Waals surface area contributed by atoms with Gasteiger partial charge in [0.1, 0.15) is 4.21 Å². The molecule has 0 saturated carbocycles. The summed E-state index contributed by atoms with van der Waals surface area (Å²) in [5.41, 5.74) is -0.0205. The number of carboxylic acid groups (broad SMARTS) is 1. The fraction of sp³-hybridized carbons (Fsp3) is 0.444. The number of sulfonamides is 1. The van der Waals surface area contributed by atoms with Gasteiger partial charge in [-0.15, -0.1) is 11.3 Å². The van der Waals surface area contributed by atoms with Gasteiger partial charge in [-0.3, -0.25) is 0 Å². The molecule has 0 unspecified atom stereocenters. The number of hydrogen-bond acceptors (Lipinski definition) is 5. The minimum atomic E-state index is -3.58. The van der Waals surface area contributed by atoms with Gasteiger partial charge in [0.2, 0.25) is 0 Å². The van der Waals surface area contributed by atoms with Gasteiger partial charge in [0, 0.05) is 31.0 Å². The fourth-order valence-electron chi connectivity index (χ4n) is 1.53. The number of thiophene rings is 1. The van der Waals surface area contributed by atoms with Crippen molar-refractivity contribution in [3.63, 3.8) is 0 Å². The van der Waals surface area contributed by atoms with Crippen molar-refractivity contribution in [3.05, 3.63) is 17.0 Å². The third-order valence-electron chi connectivity index (χ3n) is 2.60. The lowest BCUT2D eigenvalue weighted by Gasteiger charge is -2.36. The molecule has 1 aliphatic heterocycles. The van der Waals surface area contributed by atoms with Crippen LogP contribution in [0.25, 0.3) is 0 Å². The Morgan fingerprint density at radius 3 is 2.65 bits per heavy atom. The van der Waals surface area contributed by atoms with Crippen LogP contribution in [0.1, 0.15) is 10.4 Å². The standard InChI is InChI=1S/C9H11NO5S2/c11-4-6-2-10(3-6)17(14,15)8-1-7(5-16-8)9(12)13/h1,5-6,11H,2-4H2,(H,12,13). The fourth-order valence-corrected chi connectivity index (χ4v) is 4.42. The van der Waals surface area contributed by atoms with Crippen molar-refractivity contribution in [2.75, 3.05) is 19.7 Å². The number of aromatic carboxylic acids is 1. The van der Waals surface area contributed by atoms with Crippen molar-refractivity contribution in [1.82, 2.24) is 4.31 Å². The quantitative estimate of drug-likeness (QED) is 0.811. The second kappa shape index (κ2) is 4.37. The van der Waals surface area contributed by atoms with Gasteiger partial charge in [-0.05, 0) is 6.07 Å². The van der Waals surface area contributed by atoms with Gasteiger partial charge in [-0.2, -0.15) is 4.31 Å². The molecule has 6 nitrogen and oxygen atoms in total. The van der Waals surface area contributed by atoms with E-state index < -0.39 is 16.0 Å². The highest BCUT2D eigenvalue weighted by atomic mass is 32.2. The molecule has 0 aromatic carbocycles. The summed E-state index contributed by atoms with van der Waals surface area (Å²) in [6.45, 7) is 0.551. The van der Waals surface area contributed by atoms with E-state index in [1.165, 1.54) is 9.69 Å². The first-order chi connectivity index (χ1) is 7.95. The normalized spacial score (nSPS) is 17.9. The SMILES string of the molecule is O=C(O)c1csc(S(=O)(=O)N2CC(CO)C2)c1. The molecule has 1 aromatic rings. The first-order valence-electron chi connectivity index (χ1n) is 4.88. The minimum absolute atomic E-state index is 0.0105. The molecule has 0 amide bonds. The average Bonchev–Trinajstić information content (AvgIpc) is 2.64. The van der Waals surface area contributed by atoms with Gasteiger partial charge < -0.3 is 10.2 Å². The molecule has 1 saturated heterocycles. The van der Waals surface area contributed by atoms with Crippen LogP contribution in [-0.2, 0) is 10.0 Å². The number of aliphatic hydroxyl groups is 1. The predicted molar refractivity (Wildman–Crippen MR) is 60.6 cm³/mol. The van der Waals surface area contributed by atoms with Crippen LogP contribution in [-0.4, -0.2) is 48.6 Å². The molecule has 17 heavy (non-hydrogen) atoms. The molecule has 0 spiro atoms. The first-order valence-corrected chi connectivity index (χ1v) is 7.20. The number of rotatable bonds is 4. The minimum Gasteiger partial charge on any atom is -0.478 e. The smallest absolute Gasteiger partial charge is 0.336 e. The Bertz CT molecular complexity index is 529. The van der Waals surface area contributed by atoms with E-state index in [0.29, 0.717) is 13.1 Å². The molecule has 0 atom stereocenters. The molecule has 0 bridgehead atoms. The van der Waals surface area contributed by atoms with E-state index in [1.807, 2.05) is 0 Å². The van der Waals surface area contributed by atoms with Crippen molar-refractivity contribution in [3.8, 4) is 0 Å². The van der Waals surface area contributed by atoms with Crippen LogP contribution in [0.4, 0.5) is 0 Å². The van der Waals surface area contributed by atoms with Gasteiger partial charge in [-0.1, -0.05) is 0 Å². The van der Waals surface area contributed by atoms with Crippen LogP contribution >= 0.6 is 11.3 Å². The Balaban J connectivity index is 2.18. The van der Waals surface area contributed by atoms with E-state index in [0.717, 1.165) is 17.4 Å². The van der Waals surface area contributed by atoms with Crippen LogP contribution in [0.2, 0.25) is 0 Å². The molecule has 8 heteroatoms. The van der Waals surface area contributed by atoms with Crippen LogP contribution in [0.15, 0.2) is 15.7 Å². The molecule has 2 heterocycles. The molecular weight excluding hydrogens is 266 g/mol. The van der Waals surface area contributed by atoms with E-state index >= 15 is 0 Å². The largest absolute Gasteiger partial charge is 0.478 e. The predicted octanol–water partition coefficient (Wildman–Crippen LogP) is 0.0591. The summed E-state index contributed by atoms with van der Waals surface area (Å²) in [6, 6.07) is 1.16. The van der Waals surface area contributed by atoms with Crippen LogP contribution < -0.4 is 0 Å². The summed E-state index contributed by atoms with van der Waals surface area (Å²) in [6.07, 6.45) is 0. The van der Waals surface area contributed by atoms with Crippen molar-refractivity contribution < 1.29 is 23.4 Å². The number of carboxylic acids is 1. The zero-order chi connectivity index (χ0) is 12.6. The van der Waals surface area contributed by atoms with E-state index in [9.17, 15) is 13.2 Å². The van der Waals surface area contributed by atoms with Gasteiger partial charge in [0.25, 0.3) is 10.0 Å². The Hall–Kier alpha value is -0.960. The molecule has 2 rings (SSSR count). The summed E-state index contributed by atoms with van der Waals surface area (Å²) in [5, 5.41) is 18.8. The van der Waals surface area contributed by atoms with Crippen molar-refractivity contribution in [2.24, 2.45) is 5.92 Å². The third-order valence-corrected chi connectivity index (χ3v) is 5.85. The zero-order valence-electron chi connectivity index (χ0n) is 8.74. The maximum atomic E-state index is 12.0. The Morgan fingerprint density at radius 1 is 1.53 bits per heavy atom. The molecule has 0 radical (unpaired) electrons. The Labute approximate surface area is 102 Å². The summed E-state index contributed by atoms with van der Waals surface area (Å²) >= 11 is 0.898. The highest BCUT2D eigenvalue weighted by Gasteiger charge is 2.37. The second-order valence-corrected chi connectivity index (χ2v) is 6.91. The highest BCUT2D eigenvalue weighted by Crippen LogP contribution is 2.28. The average molecular weight is 277 g/mol. The van der Waals surface area contributed by atoms with E-state index in [1.54, 1.807) is 0 Å². The van der Waals surface area contributed by atoms with E-state index in [4.69, 9.17) is 10.2 Å². The van der Waals surface area contributed by atoms with Crippen molar-refractivity contribution in [1.29, 1.82) is 0 Å².